The molecule has 0 amide bonds. The van der Waals surface area contributed by atoms with Crippen molar-refractivity contribution in [2.75, 3.05) is 39.4 Å². The van der Waals surface area contributed by atoms with Gasteiger partial charge in [-0.15, -0.1) is 0 Å². The fraction of sp³-hybridized carbons (Fsp3) is 0.647. The standard InChI is InChI=1S/C17H23F3N2O/c18-17(19,20)15-5-3-14(4-6-15)16(12-21-11-13-1-2-13)22-7-9-23-10-8-22/h3-6,13,16,21H,1-2,7-12H2. The number of hydrogen-bond acceptors (Lipinski definition) is 3. The van der Waals surface area contributed by atoms with Gasteiger partial charge in [0.1, 0.15) is 0 Å². The molecule has 128 valence electrons. The number of nitrogens with one attached hydrogen (secondary N) is 1. The van der Waals surface area contributed by atoms with Crippen molar-refractivity contribution in [1.29, 1.82) is 0 Å². The van der Waals surface area contributed by atoms with Gasteiger partial charge >= 0.3 is 6.18 Å². The Morgan fingerprint density at radius 1 is 1.13 bits per heavy atom. The third-order valence-corrected chi connectivity index (χ3v) is 4.58. The molecule has 3 nitrogen and oxygen atoms in total. The molecular weight excluding hydrogens is 305 g/mol. The summed E-state index contributed by atoms with van der Waals surface area (Å²) in [5.41, 5.74) is 0.344. The van der Waals surface area contributed by atoms with Crippen LogP contribution < -0.4 is 5.32 Å². The number of benzene rings is 1. The topological polar surface area (TPSA) is 24.5 Å². The van der Waals surface area contributed by atoms with E-state index >= 15 is 0 Å². The summed E-state index contributed by atoms with van der Waals surface area (Å²) in [6, 6.07) is 5.69. The third kappa shape index (κ3) is 4.68. The van der Waals surface area contributed by atoms with Crippen LogP contribution in [0.2, 0.25) is 0 Å². The molecule has 6 heteroatoms. The van der Waals surface area contributed by atoms with Gasteiger partial charge in [-0.2, -0.15) is 13.2 Å². The van der Waals surface area contributed by atoms with Crippen molar-refractivity contribution in [3.8, 4) is 0 Å². The Morgan fingerprint density at radius 2 is 1.78 bits per heavy atom. The minimum absolute atomic E-state index is 0.0972. The molecule has 1 saturated heterocycles. The SMILES string of the molecule is FC(F)(F)c1ccc(C(CNCC2CC2)N2CCOCC2)cc1. The van der Waals surface area contributed by atoms with Crippen LogP contribution in [0.5, 0.6) is 0 Å². The molecule has 1 saturated carbocycles. The van der Waals surface area contributed by atoms with Crippen LogP contribution in [0.25, 0.3) is 0 Å². The third-order valence-electron chi connectivity index (χ3n) is 4.58. The molecule has 1 unspecified atom stereocenters. The van der Waals surface area contributed by atoms with Crippen LogP contribution in [-0.2, 0) is 10.9 Å². The Hall–Kier alpha value is -1.11. The van der Waals surface area contributed by atoms with Crippen LogP contribution >= 0.6 is 0 Å². The highest BCUT2D eigenvalue weighted by atomic mass is 19.4. The lowest BCUT2D eigenvalue weighted by atomic mass is 10.0. The van der Waals surface area contributed by atoms with Crippen molar-refractivity contribution in [2.24, 2.45) is 5.92 Å². The second-order valence-electron chi connectivity index (χ2n) is 6.39. The molecule has 3 rings (SSSR count). The maximum Gasteiger partial charge on any atom is 0.416 e. The number of morpholine rings is 1. The molecule has 1 atom stereocenters. The van der Waals surface area contributed by atoms with Crippen molar-refractivity contribution in [3.63, 3.8) is 0 Å². The van der Waals surface area contributed by atoms with E-state index < -0.39 is 11.7 Å². The maximum absolute atomic E-state index is 12.7. The molecule has 2 aliphatic rings. The first-order valence-electron chi connectivity index (χ1n) is 8.24. The average Bonchev–Trinajstić information content (AvgIpc) is 3.36. The normalized spacial score (nSPS) is 21.3. The number of rotatable bonds is 6. The van der Waals surface area contributed by atoms with E-state index in [1.807, 2.05) is 0 Å². The fourth-order valence-corrected chi connectivity index (χ4v) is 2.99. The van der Waals surface area contributed by atoms with E-state index in [0.29, 0.717) is 13.2 Å². The number of hydrogen-bond donors (Lipinski definition) is 1. The molecule has 23 heavy (non-hydrogen) atoms. The zero-order valence-corrected chi connectivity index (χ0v) is 13.1. The van der Waals surface area contributed by atoms with Gasteiger partial charge in [-0.1, -0.05) is 12.1 Å². The second-order valence-corrected chi connectivity index (χ2v) is 6.39. The van der Waals surface area contributed by atoms with E-state index in [0.717, 1.165) is 37.7 Å². The Labute approximate surface area is 134 Å². The summed E-state index contributed by atoms with van der Waals surface area (Å²) in [7, 11) is 0. The first-order valence-corrected chi connectivity index (χ1v) is 8.24. The zero-order valence-electron chi connectivity index (χ0n) is 13.1. The van der Waals surface area contributed by atoms with Gasteiger partial charge in [0, 0.05) is 25.7 Å². The molecule has 1 aliphatic heterocycles. The van der Waals surface area contributed by atoms with E-state index in [1.165, 1.54) is 25.0 Å². The smallest absolute Gasteiger partial charge is 0.379 e. The first kappa shape index (κ1) is 16.7. The Balaban J connectivity index is 1.69. The molecule has 1 aliphatic carbocycles. The number of nitrogens with zero attached hydrogens (tertiary/aromatic N) is 1. The molecule has 0 aromatic heterocycles. The van der Waals surface area contributed by atoms with Gasteiger partial charge in [0.15, 0.2) is 0 Å². The molecule has 0 spiro atoms. The second kappa shape index (κ2) is 7.20. The predicted octanol–water partition coefficient (Wildman–Crippen LogP) is 3.08. The van der Waals surface area contributed by atoms with E-state index in [4.69, 9.17) is 4.74 Å². The summed E-state index contributed by atoms with van der Waals surface area (Å²) in [4.78, 5) is 2.30. The highest BCUT2D eigenvalue weighted by Gasteiger charge is 2.31. The first-order chi connectivity index (χ1) is 11.0. The van der Waals surface area contributed by atoms with Gasteiger partial charge in [0.05, 0.1) is 18.8 Å². The number of ether oxygens (including phenoxy) is 1. The van der Waals surface area contributed by atoms with Crippen molar-refractivity contribution in [1.82, 2.24) is 10.2 Å². The van der Waals surface area contributed by atoms with Crippen LogP contribution in [0.1, 0.15) is 30.0 Å². The molecule has 2 fully saturated rings. The van der Waals surface area contributed by atoms with E-state index in [-0.39, 0.29) is 6.04 Å². The fourth-order valence-electron chi connectivity index (χ4n) is 2.99. The van der Waals surface area contributed by atoms with E-state index in [1.54, 1.807) is 12.1 Å². The molecule has 1 aromatic rings. The van der Waals surface area contributed by atoms with Gasteiger partial charge in [0.2, 0.25) is 0 Å². The van der Waals surface area contributed by atoms with Crippen LogP contribution in [0.15, 0.2) is 24.3 Å². The van der Waals surface area contributed by atoms with Crippen LogP contribution in [-0.4, -0.2) is 44.3 Å². The lowest BCUT2D eigenvalue weighted by Crippen LogP contribution is -2.43. The van der Waals surface area contributed by atoms with Gasteiger partial charge in [0.25, 0.3) is 0 Å². The molecule has 1 aromatic carbocycles. The van der Waals surface area contributed by atoms with Gasteiger partial charge < -0.3 is 10.1 Å². The Kier molecular flexibility index (Phi) is 5.24. The number of alkyl halides is 3. The van der Waals surface area contributed by atoms with Gasteiger partial charge in [-0.05, 0) is 43.0 Å². The number of halogens is 3. The summed E-state index contributed by atoms with van der Waals surface area (Å²) in [6.45, 7) is 4.76. The Morgan fingerprint density at radius 3 is 2.35 bits per heavy atom. The van der Waals surface area contributed by atoms with Gasteiger partial charge in [-0.25, -0.2) is 0 Å². The quantitative estimate of drug-likeness (QED) is 0.868. The van der Waals surface area contributed by atoms with Crippen LogP contribution in [0.3, 0.4) is 0 Å². The summed E-state index contributed by atoms with van der Waals surface area (Å²) >= 11 is 0. The van der Waals surface area contributed by atoms with Crippen molar-refractivity contribution >= 4 is 0 Å². The largest absolute Gasteiger partial charge is 0.416 e. The zero-order chi connectivity index (χ0) is 16.3. The minimum atomic E-state index is -4.28. The summed E-state index contributed by atoms with van der Waals surface area (Å²) in [6.07, 6.45) is -1.71. The van der Waals surface area contributed by atoms with Crippen LogP contribution in [0.4, 0.5) is 13.2 Å². The summed E-state index contributed by atoms with van der Waals surface area (Å²) in [5, 5.41) is 3.48. The minimum Gasteiger partial charge on any atom is -0.379 e. The molecule has 1 heterocycles. The molecule has 0 radical (unpaired) electrons. The highest BCUT2D eigenvalue weighted by Crippen LogP contribution is 2.31. The maximum atomic E-state index is 12.7. The van der Waals surface area contributed by atoms with Gasteiger partial charge in [-0.3, -0.25) is 4.90 Å². The lowest BCUT2D eigenvalue weighted by molar-refractivity contribution is -0.137. The molecule has 1 N–H and O–H groups in total. The summed E-state index contributed by atoms with van der Waals surface area (Å²) < 4.78 is 43.6. The Bertz CT molecular complexity index is 494. The monoisotopic (exact) mass is 328 g/mol. The predicted molar refractivity (Wildman–Crippen MR) is 82.2 cm³/mol. The van der Waals surface area contributed by atoms with Crippen molar-refractivity contribution in [2.45, 2.75) is 25.1 Å². The van der Waals surface area contributed by atoms with Crippen LogP contribution in [0, 0.1) is 5.92 Å². The van der Waals surface area contributed by atoms with E-state index in [2.05, 4.69) is 10.2 Å². The molecule has 0 bridgehead atoms. The van der Waals surface area contributed by atoms with Crippen molar-refractivity contribution in [3.05, 3.63) is 35.4 Å². The summed E-state index contributed by atoms with van der Waals surface area (Å²) in [5.74, 6) is 0.785. The molecular formula is C17H23F3N2O. The van der Waals surface area contributed by atoms with Crippen molar-refractivity contribution < 1.29 is 17.9 Å². The average molecular weight is 328 g/mol. The van der Waals surface area contributed by atoms with E-state index in [9.17, 15) is 13.2 Å². The highest BCUT2D eigenvalue weighted by molar-refractivity contribution is 5.27. The lowest BCUT2D eigenvalue weighted by Gasteiger charge is -2.35.